The van der Waals surface area contributed by atoms with E-state index in [0.717, 1.165) is 38.5 Å². The lowest BCUT2D eigenvalue weighted by Crippen LogP contribution is -2.51. The maximum absolute atomic E-state index is 13.8. The van der Waals surface area contributed by atoms with Crippen LogP contribution in [0.1, 0.15) is 51.6 Å². The highest BCUT2D eigenvalue weighted by molar-refractivity contribution is 6.06. The Hall–Kier alpha value is -4.01. The first-order valence-electron chi connectivity index (χ1n) is 12.9. The average molecular weight is 517 g/mol. The van der Waals surface area contributed by atoms with Crippen molar-refractivity contribution in [2.75, 3.05) is 6.54 Å². The normalized spacial score (nSPS) is 22.0. The van der Waals surface area contributed by atoms with Gasteiger partial charge in [0.15, 0.2) is 0 Å². The van der Waals surface area contributed by atoms with Gasteiger partial charge in [0.2, 0.25) is 11.8 Å². The second-order valence-corrected chi connectivity index (χ2v) is 10.9. The molecule has 2 N–H and O–H groups in total. The Morgan fingerprint density at radius 2 is 1.92 bits per heavy atom. The molecule has 1 unspecified atom stereocenters. The number of rotatable bonds is 6. The first-order valence-corrected chi connectivity index (χ1v) is 12.9. The van der Waals surface area contributed by atoms with Crippen molar-refractivity contribution >= 4 is 33.6 Å². The summed E-state index contributed by atoms with van der Waals surface area (Å²) in [7, 11) is 0. The van der Waals surface area contributed by atoms with Crippen LogP contribution < -0.4 is 4.74 Å². The third kappa shape index (κ3) is 3.79. The van der Waals surface area contributed by atoms with E-state index in [-0.39, 0.29) is 23.7 Å². The summed E-state index contributed by atoms with van der Waals surface area (Å²) in [5.41, 5.74) is 2.93. The van der Waals surface area contributed by atoms with Gasteiger partial charge in [-0.3, -0.25) is 9.89 Å². The summed E-state index contributed by atoms with van der Waals surface area (Å²) in [6.07, 6.45) is 3.25. The Morgan fingerprint density at radius 3 is 2.61 bits per heavy atom. The topological polar surface area (TPSA) is 108 Å². The average Bonchev–Trinajstić information content (AvgIpc) is 3.46. The number of nitrogens with zero attached hydrogens (tertiary/aromatic N) is 3. The highest BCUT2D eigenvalue weighted by Crippen LogP contribution is 2.51. The number of aromatic amines is 1. The van der Waals surface area contributed by atoms with Crippen molar-refractivity contribution in [1.82, 2.24) is 20.1 Å². The van der Waals surface area contributed by atoms with Crippen molar-refractivity contribution in [3.8, 4) is 17.0 Å². The van der Waals surface area contributed by atoms with Crippen LogP contribution >= 0.6 is 0 Å². The third-order valence-electron chi connectivity index (χ3n) is 8.12. The molecular weight excluding hydrogens is 487 g/mol. The zero-order valence-electron chi connectivity index (χ0n) is 21.5. The Balaban J connectivity index is 1.38. The van der Waals surface area contributed by atoms with Gasteiger partial charge in [0.25, 0.3) is 0 Å². The zero-order chi connectivity index (χ0) is 26.8. The van der Waals surface area contributed by atoms with Crippen LogP contribution in [0.3, 0.4) is 0 Å². The van der Waals surface area contributed by atoms with Crippen LogP contribution in [0.25, 0.3) is 32.8 Å². The number of hydrogen-bond acceptors (Lipinski definition) is 5. The maximum Gasteiger partial charge on any atom is 0.326 e. The summed E-state index contributed by atoms with van der Waals surface area (Å²) in [6.45, 7) is 6.13. The number of benzene rings is 2. The molecule has 8 nitrogen and oxygen atoms in total. The number of halogens is 1. The fraction of sp³-hybridized carbons (Fsp3) is 0.379. The number of aliphatic carboxylic acids is 1. The summed E-state index contributed by atoms with van der Waals surface area (Å²) in [4.78, 5) is 31.0. The number of carbonyl (C=O) groups is 2. The first kappa shape index (κ1) is 24.3. The monoisotopic (exact) mass is 516 g/mol. The van der Waals surface area contributed by atoms with E-state index >= 15 is 0 Å². The van der Waals surface area contributed by atoms with Crippen molar-refractivity contribution in [1.29, 1.82) is 0 Å². The molecule has 9 heteroatoms. The summed E-state index contributed by atoms with van der Waals surface area (Å²) in [6, 6.07) is 9.63. The Kier molecular flexibility index (Phi) is 5.63. The molecule has 1 atom stereocenters. The molecule has 1 aliphatic heterocycles. The smallest absolute Gasteiger partial charge is 0.326 e. The number of aromatic nitrogens is 3. The van der Waals surface area contributed by atoms with Crippen LogP contribution in [0, 0.1) is 11.2 Å². The number of ether oxygens (including phenoxy) is 1. The number of carbonyl (C=O) groups excluding carboxylic acids is 1. The summed E-state index contributed by atoms with van der Waals surface area (Å²) >= 11 is 0. The molecule has 196 valence electrons. The highest BCUT2D eigenvalue weighted by Gasteiger charge is 2.57. The van der Waals surface area contributed by atoms with E-state index in [1.165, 1.54) is 17.0 Å². The van der Waals surface area contributed by atoms with Crippen LogP contribution in [0.15, 0.2) is 42.6 Å². The number of likely N-dealkylation sites (tertiary alicyclic amines) is 1. The molecule has 4 aromatic rings. The van der Waals surface area contributed by atoms with E-state index in [2.05, 4.69) is 30.1 Å². The van der Waals surface area contributed by atoms with E-state index in [9.17, 15) is 19.1 Å². The van der Waals surface area contributed by atoms with Crippen molar-refractivity contribution in [3.63, 3.8) is 0 Å². The molecule has 1 aliphatic carbocycles. The number of nitrogens with one attached hydrogen (secondary N) is 1. The molecule has 0 bridgehead atoms. The minimum atomic E-state index is -0.995. The van der Waals surface area contributed by atoms with Gasteiger partial charge in [-0.2, -0.15) is 5.10 Å². The molecule has 2 aromatic heterocycles. The van der Waals surface area contributed by atoms with E-state index < -0.39 is 17.4 Å². The van der Waals surface area contributed by atoms with Crippen LogP contribution in [-0.4, -0.2) is 55.8 Å². The quantitative estimate of drug-likeness (QED) is 0.361. The lowest BCUT2D eigenvalue weighted by molar-refractivity contribution is -0.154. The maximum atomic E-state index is 13.8. The minimum absolute atomic E-state index is 0.0667. The van der Waals surface area contributed by atoms with E-state index in [4.69, 9.17) is 9.72 Å². The number of fused-ring (bicyclic) bond motifs is 2. The highest BCUT2D eigenvalue weighted by atomic mass is 19.1. The van der Waals surface area contributed by atoms with Gasteiger partial charge < -0.3 is 14.7 Å². The fourth-order valence-corrected chi connectivity index (χ4v) is 5.95. The number of H-pyrrole nitrogens is 1. The zero-order valence-corrected chi connectivity index (χ0v) is 21.5. The van der Waals surface area contributed by atoms with Gasteiger partial charge in [-0.15, -0.1) is 0 Å². The largest absolute Gasteiger partial charge is 0.480 e. The van der Waals surface area contributed by atoms with Crippen molar-refractivity contribution in [2.45, 2.75) is 58.1 Å². The Morgan fingerprint density at radius 1 is 1.18 bits per heavy atom. The standard InChI is InChI=1S/C29H29FN4O4/c1-15(2)25-24(17-4-6-19(30)7-5-17)21-10-18-14-31-33-23(18)11-22(21)26(32-25)38-20-12-29(13-20)8-9-34(28(29)37)16(3)27(35)36/h4-7,10-11,14-16,20H,8-9,12-13H2,1-3H3,(H,31,33)(H,35,36). The number of carboxylic acids is 1. The predicted molar refractivity (Wildman–Crippen MR) is 140 cm³/mol. The molecule has 2 fully saturated rings. The van der Waals surface area contributed by atoms with Crippen LogP contribution in [-0.2, 0) is 9.59 Å². The van der Waals surface area contributed by atoms with Gasteiger partial charge in [-0.25, -0.2) is 14.2 Å². The summed E-state index contributed by atoms with van der Waals surface area (Å²) in [5.74, 6) is -0.834. The molecule has 2 aromatic carbocycles. The first-order chi connectivity index (χ1) is 18.2. The lowest BCUT2D eigenvalue weighted by atomic mass is 9.65. The SMILES string of the molecule is CC(C)c1nc(OC2CC3(CCN(C(C)C(=O)O)C3=O)C2)c2cc3[nH]ncc3cc2c1-c1ccc(F)cc1. The molecule has 1 spiro atoms. The van der Waals surface area contributed by atoms with Crippen molar-refractivity contribution < 1.29 is 23.8 Å². The van der Waals surface area contributed by atoms with E-state index in [0.29, 0.717) is 31.7 Å². The van der Waals surface area contributed by atoms with E-state index in [1.54, 1.807) is 25.3 Å². The van der Waals surface area contributed by atoms with Gasteiger partial charge in [0.1, 0.15) is 18.0 Å². The molecule has 2 aliphatic rings. The summed E-state index contributed by atoms with van der Waals surface area (Å²) in [5, 5.41) is 19.3. The Bertz CT molecular complexity index is 1570. The van der Waals surface area contributed by atoms with Crippen molar-refractivity contribution in [2.24, 2.45) is 5.41 Å². The number of pyridine rings is 1. The van der Waals surface area contributed by atoms with Crippen molar-refractivity contribution in [3.05, 3.63) is 54.1 Å². The fourth-order valence-electron chi connectivity index (χ4n) is 5.95. The number of amides is 1. The molecular formula is C29H29FN4O4. The molecule has 38 heavy (non-hydrogen) atoms. The molecule has 1 saturated heterocycles. The summed E-state index contributed by atoms with van der Waals surface area (Å²) < 4.78 is 20.2. The van der Waals surface area contributed by atoms with Gasteiger partial charge in [-0.05, 0) is 67.3 Å². The third-order valence-corrected chi connectivity index (χ3v) is 8.12. The van der Waals surface area contributed by atoms with Crippen LogP contribution in [0.4, 0.5) is 4.39 Å². The van der Waals surface area contributed by atoms with Crippen LogP contribution in [0.2, 0.25) is 0 Å². The van der Waals surface area contributed by atoms with Gasteiger partial charge >= 0.3 is 5.97 Å². The number of carboxylic acid groups (broad SMARTS) is 1. The second-order valence-electron chi connectivity index (χ2n) is 10.9. The van der Waals surface area contributed by atoms with E-state index in [1.807, 2.05) is 6.07 Å². The van der Waals surface area contributed by atoms with Gasteiger partial charge in [0, 0.05) is 22.9 Å². The molecule has 0 radical (unpaired) electrons. The predicted octanol–water partition coefficient (Wildman–Crippen LogP) is 5.27. The molecule has 1 saturated carbocycles. The van der Waals surface area contributed by atoms with Gasteiger partial charge in [-0.1, -0.05) is 26.0 Å². The second kappa shape index (κ2) is 8.79. The Labute approximate surface area is 218 Å². The van der Waals surface area contributed by atoms with Gasteiger partial charge in [0.05, 0.1) is 22.8 Å². The minimum Gasteiger partial charge on any atom is -0.480 e. The molecule has 3 heterocycles. The number of hydrogen-bond donors (Lipinski definition) is 2. The molecule has 1 amide bonds. The molecule has 6 rings (SSSR count). The van der Waals surface area contributed by atoms with Crippen LogP contribution in [0.5, 0.6) is 5.88 Å². The lowest BCUT2D eigenvalue weighted by Gasteiger charge is -2.43.